The summed E-state index contributed by atoms with van der Waals surface area (Å²) in [5.74, 6) is 0.0800. The number of halogens is 2. The molecule has 1 aromatic carbocycles. The highest BCUT2D eigenvalue weighted by Crippen LogP contribution is 2.25. The summed E-state index contributed by atoms with van der Waals surface area (Å²) in [6.07, 6.45) is 0.399. The van der Waals surface area contributed by atoms with E-state index in [4.69, 9.17) is 23.2 Å². The van der Waals surface area contributed by atoms with Crippen LogP contribution in [0.5, 0.6) is 0 Å². The Hall–Kier alpha value is -2.05. The summed E-state index contributed by atoms with van der Waals surface area (Å²) in [5, 5.41) is 3.59. The first-order valence-electron chi connectivity index (χ1n) is 5.83. The maximum atomic E-state index is 11.9. The van der Waals surface area contributed by atoms with Crippen LogP contribution in [-0.4, -0.2) is 15.4 Å². The van der Waals surface area contributed by atoms with Crippen molar-refractivity contribution in [3.63, 3.8) is 0 Å². The molecule has 110 valence electrons. The Labute approximate surface area is 129 Å². The van der Waals surface area contributed by atoms with E-state index in [9.17, 15) is 14.4 Å². The van der Waals surface area contributed by atoms with Crippen LogP contribution in [0, 0.1) is 0 Å². The number of nitrogens with one attached hydrogen (secondary N) is 1. The monoisotopic (exact) mass is 327 g/mol. The van der Waals surface area contributed by atoms with Gasteiger partial charge in [0.1, 0.15) is 11.4 Å². The van der Waals surface area contributed by atoms with Crippen molar-refractivity contribution >= 4 is 41.0 Å². The standard InChI is InChI=1S/C13H11Cl2N3O3/c1-17-11(10(6-19)12(20)18(2)13(17)21)16-9-4-7(14)3-8(15)5-9/h3-6,16H,1-2H3. The van der Waals surface area contributed by atoms with Gasteiger partial charge in [-0.25, -0.2) is 4.79 Å². The molecule has 0 unspecified atom stereocenters. The smallest absolute Gasteiger partial charge is 0.332 e. The van der Waals surface area contributed by atoms with Crippen molar-refractivity contribution in [1.29, 1.82) is 0 Å². The number of hydrogen-bond donors (Lipinski definition) is 1. The predicted molar refractivity (Wildman–Crippen MR) is 82.1 cm³/mol. The van der Waals surface area contributed by atoms with Crippen LogP contribution in [0.15, 0.2) is 27.8 Å². The molecule has 1 heterocycles. The lowest BCUT2D eigenvalue weighted by molar-refractivity contribution is 0.112. The normalized spacial score (nSPS) is 10.5. The zero-order valence-electron chi connectivity index (χ0n) is 11.2. The Morgan fingerprint density at radius 3 is 2.14 bits per heavy atom. The van der Waals surface area contributed by atoms with Crippen molar-refractivity contribution in [3.05, 3.63) is 54.6 Å². The zero-order chi connectivity index (χ0) is 15.7. The minimum atomic E-state index is -0.677. The molecule has 0 saturated heterocycles. The van der Waals surface area contributed by atoms with Gasteiger partial charge in [-0.1, -0.05) is 23.2 Å². The predicted octanol–water partition coefficient (Wildman–Crippen LogP) is 1.95. The molecule has 0 saturated carbocycles. The number of rotatable bonds is 3. The molecule has 0 aliphatic heterocycles. The van der Waals surface area contributed by atoms with Crippen LogP contribution >= 0.6 is 23.2 Å². The van der Waals surface area contributed by atoms with Gasteiger partial charge in [0.25, 0.3) is 5.56 Å². The van der Waals surface area contributed by atoms with Crippen molar-refractivity contribution in [2.45, 2.75) is 0 Å². The third-order valence-electron chi connectivity index (χ3n) is 2.94. The Morgan fingerprint density at radius 1 is 1.05 bits per heavy atom. The summed E-state index contributed by atoms with van der Waals surface area (Å²) < 4.78 is 2.03. The second-order valence-electron chi connectivity index (χ2n) is 4.37. The lowest BCUT2D eigenvalue weighted by atomic mass is 10.2. The number of anilines is 2. The van der Waals surface area contributed by atoms with Crippen molar-refractivity contribution in [2.24, 2.45) is 14.1 Å². The third kappa shape index (κ3) is 2.86. The molecule has 0 aliphatic carbocycles. The fourth-order valence-electron chi connectivity index (χ4n) is 1.89. The lowest BCUT2D eigenvalue weighted by Gasteiger charge is -2.14. The zero-order valence-corrected chi connectivity index (χ0v) is 12.7. The molecule has 8 heteroatoms. The first kappa shape index (κ1) is 15.3. The van der Waals surface area contributed by atoms with Crippen molar-refractivity contribution in [3.8, 4) is 0 Å². The molecular formula is C13H11Cl2N3O3. The number of aldehydes is 1. The van der Waals surface area contributed by atoms with E-state index in [2.05, 4.69) is 5.32 Å². The summed E-state index contributed by atoms with van der Waals surface area (Å²) in [7, 11) is 2.75. The van der Waals surface area contributed by atoms with Gasteiger partial charge in [0, 0.05) is 29.8 Å². The van der Waals surface area contributed by atoms with Gasteiger partial charge in [-0.2, -0.15) is 0 Å². The molecule has 21 heavy (non-hydrogen) atoms. The van der Waals surface area contributed by atoms with E-state index in [0.717, 1.165) is 4.57 Å². The summed E-state index contributed by atoms with van der Waals surface area (Å²) in [6.45, 7) is 0. The topological polar surface area (TPSA) is 73.1 Å². The molecule has 0 spiro atoms. The highest BCUT2D eigenvalue weighted by atomic mass is 35.5. The molecular weight excluding hydrogens is 317 g/mol. The van der Waals surface area contributed by atoms with Crippen molar-refractivity contribution in [2.75, 3.05) is 5.32 Å². The number of benzene rings is 1. The molecule has 0 bridgehead atoms. The van der Waals surface area contributed by atoms with Gasteiger partial charge >= 0.3 is 5.69 Å². The Bertz CT molecular complexity index is 820. The van der Waals surface area contributed by atoms with E-state index in [1.54, 1.807) is 12.1 Å². The SMILES string of the molecule is Cn1c(Nc2cc(Cl)cc(Cl)c2)c(C=O)c(=O)n(C)c1=O. The number of carbonyl (C=O) groups excluding carboxylic acids is 1. The van der Waals surface area contributed by atoms with Gasteiger partial charge in [0.2, 0.25) is 0 Å². The molecule has 1 aromatic heterocycles. The number of aromatic nitrogens is 2. The second kappa shape index (κ2) is 5.75. The van der Waals surface area contributed by atoms with E-state index in [0.29, 0.717) is 22.0 Å². The third-order valence-corrected chi connectivity index (χ3v) is 3.38. The quantitative estimate of drug-likeness (QED) is 0.874. The number of hydrogen-bond acceptors (Lipinski definition) is 4. The van der Waals surface area contributed by atoms with E-state index in [1.165, 1.54) is 24.7 Å². The van der Waals surface area contributed by atoms with Crippen molar-refractivity contribution < 1.29 is 4.79 Å². The average molecular weight is 328 g/mol. The molecule has 0 radical (unpaired) electrons. The maximum Gasteiger partial charge on any atom is 0.332 e. The summed E-state index contributed by atoms with van der Waals surface area (Å²) in [5.41, 5.74) is -0.931. The fraction of sp³-hybridized carbons (Fsp3) is 0.154. The van der Waals surface area contributed by atoms with Crippen LogP contribution in [0.2, 0.25) is 10.0 Å². The second-order valence-corrected chi connectivity index (χ2v) is 5.24. The first-order valence-corrected chi connectivity index (χ1v) is 6.59. The number of nitrogens with zero attached hydrogens (tertiary/aromatic N) is 2. The van der Waals surface area contributed by atoms with Gasteiger partial charge in [-0.3, -0.25) is 18.7 Å². The van der Waals surface area contributed by atoms with Gasteiger partial charge in [-0.15, -0.1) is 0 Å². The molecule has 6 nitrogen and oxygen atoms in total. The minimum absolute atomic E-state index is 0.0800. The molecule has 2 aromatic rings. The van der Waals surface area contributed by atoms with Crippen LogP contribution < -0.4 is 16.6 Å². The molecule has 0 fully saturated rings. The van der Waals surface area contributed by atoms with E-state index in [-0.39, 0.29) is 11.4 Å². The summed E-state index contributed by atoms with van der Waals surface area (Å²) >= 11 is 11.8. The van der Waals surface area contributed by atoms with E-state index < -0.39 is 11.2 Å². The molecule has 0 amide bonds. The summed E-state index contributed by atoms with van der Waals surface area (Å²) in [6, 6.07) is 4.66. The van der Waals surface area contributed by atoms with Crippen molar-refractivity contribution in [1.82, 2.24) is 9.13 Å². The highest BCUT2D eigenvalue weighted by molar-refractivity contribution is 6.35. The van der Waals surface area contributed by atoms with Crippen LogP contribution in [0.25, 0.3) is 0 Å². The van der Waals surface area contributed by atoms with Gasteiger partial charge < -0.3 is 5.32 Å². The Balaban J connectivity index is 2.67. The number of carbonyl (C=O) groups is 1. The average Bonchev–Trinajstić information content (AvgIpc) is 2.42. The van der Waals surface area contributed by atoms with Gasteiger partial charge in [0.05, 0.1) is 0 Å². The molecule has 1 N–H and O–H groups in total. The van der Waals surface area contributed by atoms with E-state index in [1.807, 2.05) is 0 Å². The Morgan fingerprint density at radius 2 is 1.62 bits per heavy atom. The first-order chi connectivity index (χ1) is 9.85. The van der Waals surface area contributed by atoms with Crippen LogP contribution in [0.1, 0.15) is 10.4 Å². The van der Waals surface area contributed by atoms with Crippen LogP contribution in [-0.2, 0) is 14.1 Å². The lowest BCUT2D eigenvalue weighted by Crippen LogP contribution is -2.40. The van der Waals surface area contributed by atoms with Crippen LogP contribution in [0.4, 0.5) is 11.5 Å². The van der Waals surface area contributed by atoms with Gasteiger partial charge in [-0.05, 0) is 18.2 Å². The highest BCUT2D eigenvalue weighted by Gasteiger charge is 2.15. The molecule has 0 aliphatic rings. The van der Waals surface area contributed by atoms with Crippen LogP contribution in [0.3, 0.4) is 0 Å². The van der Waals surface area contributed by atoms with E-state index >= 15 is 0 Å². The Kier molecular flexibility index (Phi) is 4.20. The molecule has 2 rings (SSSR count). The largest absolute Gasteiger partial charge is 0.341 e. The maximum absolute atomic E-state index is 11.9. The molecule has 0 atom stereocenters. The van der Waals surface area contributed by atoms with Gasteiger partial charge in [0.15, 0.2) is 6.29 Å². The fourth-order valence-corrected chi connectivity index (χ4v) is 2.42. The summed E-state index contributed by atoms with van der Waals surface area (Å²) in [4.78, 5) is 35.0. The minimum Gasteiger partial charge on any atom is -0.341 e.